The molecule has 6 nitrogen and oxygen atoms in total. The molecule has 150 valence electrons. The van der Waals surface area contributed by atoms with Crippen molar-refractivity contribution in [2.24, 2.45) is 0 Å². The van der Waals surface area contributed by atoms with E-state index in [-0.39, 0.29) is 12.1 Å². The minimum atomic E-state index is 0.111. The van der Waals surface area contributed by atoms with Crippen LogP contribution in [0.1, 0.15) is 11.6 Å². The molecule has 0 aromatic heterocycles. The van der Waals surface area contributed by atoms with Gasteiger partial charge in [0.05, 0.1) is 6.26 Å². The third-order valence-electron chi connectivity index (χ3n) is 6.06. The fraction of sp³-hybridized carbons (Fsp3) is 0.348. The summed E-state index contributed by atoms with van der Waals surface area (Å²) >= 11 is 0. The van der Waals surface area contributed by atoms with Crippen LogP contribution >= 0.6 is 0 Å². The van der Waals surface area contributed by atoms with Crippen molar-refractivity contribution in [2.75, 3.05) is 50.7 Å². The van der Waals surface area contributed by atoms with E-state index in [1.165, 1.54) is 11.1 Å². The number of nitrogens with zero attached hydrogens (tertiary/aromatic N) is 3. The van der Waals surface area contributed by atoms with Crippen LogP contribution in [0.5, 0.6) is 0 Å². The quantitative estimate of drug-likeness (QED) is 0.727. The second kappa shape index (κ2) is 7.89. The van der Waals surface area contributed by atoms with Crippen molar-refractivity contribution >= 4 is 11.7 Å². The van der Waals surface area contributed by atoms with Crippen LogP contribution in [0.15, 0.2) is 65.3 Å². The zero-order chi connectivity index (χ0) is 19.6. The lowest BCUT2D eigenvalue weighted by Crippen LogP contribution is -2.48. The maximum absolute atomic E-state index is 12.9. The number of fused-ring (bicyclic) bond motifs is 1. The highest BCUT2D eigenvalue weighted by Gasteiger charge is 2.32. The van der Waals surface area contributed by atoms with Crippen molar-refractivity contribution in [2.45, 2.75) is 6.04 Å². The van der Waals surface area contributed by atoms with Crippen molar-refractivity contribution in [3.8, 4) is 11.3 Å². The first kappa shape index (κ1) is 18.2. The fourth-order valence-electron chi connectivity index (χ4n) is 4.51. The van der Waals surface area contributed by atoms with Crippen molar-refractivity contribution in [3.63, 3.8) is 0 Å². The Morgan fingerprint density at radius 2 is 1.86 bits per heavy atom. The van der Waals surface area contributed by atoms with Crippen molar-refractivity contribution < 1.29 is 9.21 Å². The molecule has 1 atom stereocenters. The van der Waals surface area contributed by atoms with Gasteiger partial charge in [0.1, 0.15) is 5.76 Å². The van der Waals surface area contributed by atoms with Gasteiger partial charge in [0.2, 0.25) is 0 Å². The molecular weight excluding hydrogens is 364 g/mol. The molecule has 6 heteroatoms. The van der Waals surface area contributed by atoms with Gasteiger partial charge in [0, 0.05) is 63.1 Å². The first-order valence-electron chi connectivity index (χ1n) is 10.3. The summed E-state index contributed by atoms with van der Waals surface area (Å²) in [5.74, 6) is 0.932. The molecule has 5 rings (SSSR count). The monoisotopic (exact) mass is 390 g/mol. The lowest BCUT2D eigenvalue weighted by Gasteiger charge is -2.38. The molecule has 3 heterocycles. The van der Waals surface area contributed by atoms with Gasteiger partial charge in [0.25, 0.3) is 0 Å². The van der Waals surface area contributed by atoms with E-state index in [1.54, 1.807) is 6.26 Å². The van der Waals surface area contributed by atoms with Crippen LogP contribution in [0.4, 0.5) is 10.5 Å². The number of rotatable bonds is 5. The Hall–Kier alpha value is -2.83. The number of hydrogen-bond acceptors (Lipinski definition) is 4. The van der Waals surface area contributed by atoms with E-state index in [0.717, 1.165) is 57.3 Å². The van der Waals surface area contributed by atoms with E-state index in [9.17, 15) is 4.79 Å². The molecule has 2 fully saturated rings. The number of urea groups is 1. The van der Waals surface area contributed by atoms with Gasteiger partial charge in [-0.05, 0) is 29.8 Å². The summed E-state index contributed by atoms with van der Waals surface area (Å²) in [6.07, 6.45) is 1.78. The summed E-state index contributed by atoms with van der Waals surface area (Å²) < 4.78 is 5.63. The smallest absolute Gasteiger partial charge is 0.324 e. The predicted molar refractivity (Wildman–Crippen MR) is 113 cm³/mol. The fourth-order valence-corrected chi connectivity index (χ4v) is 4.51. The van der Waals surface area contributed by atoms with Crippen LogP contribution in [0.3, 0.4) is 0 Å². The lowest BCUT2D eigenvalue weighted by molar-refractivity contribution is 0.145. The van der Waals surface area contributed by atoms with Crippen LogP contribution in [-0.4, -0.2) is 61.6 Å². The van der Waals surface area contributed by atoms with E-state index in [4.69, 9.17) is 4.42 Å². The molecule has 4 aliphatic rings. The first-order chi connectivity index (χ1) is 14.3. The zero-order valence-electron chi connectivity index (χ0n) is 16.5. The predicted octanol–water partition coefficient (Wildman–Crippen LogP) is 3.27. The van der Waals surface area contributed by atoms with Crippen molar-refractivity contribution in [1.82, 2.24) is 15.1 Å². The molecule has 1 aromatic carbocycles. The molecule has 2 amide bonds. The average molecular weight is 390 g/mol. The number of piperazine rings is 1. The molecule has 1 N–H and O–H groups in total. The van der Waals surface area contributed by atoms with E-state index in [2.05, 4.69) is 22.3 Å². The highest BCUT2D eigenvalue weighted by atomic mass is 16.3. The molecule has 3 aliphatic heterocycles. The van der Waals surface area contributed by atoms with Gasteiger partial charge < -0.3 is 14.6 Å². The number of para-hydroxylation sites is 1. The summed E-state index contributed by atoms with van der Waals surface area (Å²) in [4.78, 5) is 19.2. The van der Waals surface area contributed by atoms with E-state index in [0.29, 0.717) is 0 Å². The normalized spacial score (nSPS) is 20.7. The second-order valence-electron chi connectivity index (χ2n) is 7.69. The summed E-state index contributed by atoms with van der Waals surface area (Å²) in [6.45, 7) is 6.01. The van der Waals surface area contributed by atoms with Crippen LogP contribution in [0.25, 0.3) is 11.3 Å². The van der Waals surface area contributed by atoms with Gasteiger partial charge in [-0.1, -0.05) is 30.3 Å². The Kier molecular flexibility index (Phi) is 4.96. The van der Waals surface area contributed by atoms with Crippen LogP contribution in [-0.2, 0) is 0 Å². The topological polar surface area (TPSA) is 52.0 Å². The lowest BCUT2D eigenvalue weighted by atomic mass is 9.99. The Morgan fingerprint density at radius 3 is 2.76 bits per heavy atom. The summed E-state index contributed by atoms with van der Waals surface area (Å²) in [5.41, 5.74) is 3.45. The number of carbonyl (C=O) groups is 1. The zero-order valence-corrected chi connectivity index (χ0v) is 16.5. The molecule has 2 saturated heterocycles. The first-order valence-corrected chi connectivity index (χ1v) is 10.3. The highest BCUT2D eigenvalue weighted by Crippen LogP contribution is 2.34. The summed E-state index contributed by atoms with van der Waals surface area (Å²) in [6, 6.07) is 18.6. The number of anilines is 1. The maximum Gasteiger partial charge on any atom is 0.324 e. The Bertz CT molecular complexity index is 941. The molecule has 0 saturated carbocycles. The Balaban J connectivity index is 1.27. The standard InChI is InChI=1S/C23H26N4O2/c28-23-26(14-15-27(23)18-5-2-1-3-6-18)13-12-25-11-10-24-17-21(25)19-9-16-29-22-8-4-7-20(19)22/h1-9,16,21,24H,10-15,17H2. The Morgan fingerprint density at radius 1 is 0.966 bits per heavy atom. The molecule has 1 aliphatic carbocycles. The number of nitrogens with one attached hydrogen (secondary N) is 1. The summed E-state index contributed by atoms with van der Waals surface area (Å²) in [7, 11) is 0. The van der Waals surface area contributed by atoms with E-state index < -0.39 is 0 Å². The SMILES string of the molecule is O=C1N(CCN2CCNCC2c2ccoc3cccc2-3)CCN1c1ccccc1. The number of hydrogen-bond donors (Lipinski definition) is 1. The largest absolute Gasteiger partial charge is 0.464 e. The minimum absolute atomic E-state index is 0.111. The second-order valence-corrected chi connectivity index (χ2v) is 7.69. The number of amides is 2. The van der Waals surface area contributed by atoms with Gasteiger partial charge in [-0.25, -0.2) is 4.79 Å². The Labute approximate surface area is 171 Å². The van der Waals surface area contributed by atoms with Gasteiger partial charge in [-0.2, -0.15) is 0 Å². The van der Waals surface area contributed by atoms with Gasteiger partial charge in [-0.15, -0.1) is 0 Å². The van der Waals surface area contributed by atoms with Crippen molar-refractivity contribution in [3.05, 3.63) is 66.4 Å². The molecular formula is C23H26N4O2. The molecule has 29 heavy (non-hydrogen) atoms. The van der Waals surface area contributed by atoms with E-state index >= 15 is 0 Å². The average Bonchev–Trinajstić information content (AvgIpc) is 3.39. The number of benzene rings is 1. The van der Waals surface area contributed by atoms with Gasteiger partial charge in [0.15, 0.2) is 0 Å². The molecule has 0 radical (unpaired) electrons. The third kappa shape index (κ3) is 3.50. The number of carbonyl (C=O) groups excluding carboxylic acids is 1. The van der Waals surface area contributed by atoms with Crippen LogP contribution in [0, 0.1) is 0 Å². The minimum Gasteiger partial charge on any atom is -0.464 e. The van der Waals surface area contributed by atoms with Gasteiger partial charge in [-0.3, -0.25) is 9.80 Å². The van der Waals surface area contributed by atoms with Crippen molar-refractivity contribution in [1.29, 1.82) is 0 Å². The molecule has 0 bridgehead atoms. The molecule has 0 spiro atoms. The maximum atomic E-state index is 12.9. The molecule has 1 unspecified atom stereocenters. The highest BCUT2D eigenvalue weighted by molar-refractivity contribution is 5.94. The van der Waals surface area contributed by atoms with Crippen LogP contribution < -0.4 is 10.2 Å². The molecule has 1 aromatic rings. The van der Waals surface area contributed by atoms with Crippen LogP contribution in [0.2, 0.25) is 0 Å². The summed E-state index contributed by atoms with van der Waals surface area (Å²) in [5, 5.41) is 3.52. The third-order valence-corrected chi connectivity index (χ3v) is 6.06. The van der Waals surface area contributed by atoms with Gasteiger partial charge >= 0.3 is 6.03 Å². The van der Waals surface area contributed by atoms with E-state index in [1.807, 2.05) is 52.3 Å².